The van der Waals surface area contributed by atoms with Gasteiger partial charge in [-0.3, -0.25) is 9.59 Å². The summed E-state index contributed by atoms with van der Waals surface area (Å²) in [5.74, 6) is -0.137. The fourth-order valence-electron chi connectivity index (χ4n) is 0.129. The summed E-state index contributed by atoms with van der Waals surface area (Å²) in [7, 11) is 0. The van der Waals surface area contributed by atoms with E-state index in [9.17, 15) is 9.59 Å². The third-order valence-electron chi connectivity index (χ3n) is 1.17. The highest BCUT2D eigenvalue weighted by Crippen LogP contribution is 1.91. The number of carbonyl (C=O) groups excluding carboxylic acids is 2. The van der Waals surface area contributed by atoms with Gasteiger partial charge in [0.05, 0.1) is 6.61 Å². The Morgan fingerprint density at radius 2 is 1.92 bits per heavy atom. The summed E-state index contributed by atoms with van der Waals surface area (Å²) < 4.78 is 0. The van der Waals surface area contributed by atoms with E-state index >= 15 is 0 Å². The van der Waals surface area contributed by atoms with Crippen LogP contribution < -0.4 is 0 Å². The first kappa shape index (κ1) is 13.6. The Balaban J connectivity index is 0. The minimum Gasteiger partial charge on any atom is -0.396 e. The molecule has 0 aromatic carbocycles. The zero-order chi connectivity index (χ0) is 10.1. The van der Waals surface area contributed by atoms with Crippen molar-refractivity contribution in [2.24, 2.45) is 5.92 Å². The van der Waals surface area contributed by atoms with E-state index in [1.165, 1.54) is 6.92 Å². The van der Waals surface area contributed by atoms with Gasteiger partial charge in [0.2, 0.25) is 0 Å². The summed E-state index contributed by atoms with van der Waals surface area (Å²) in [5.41, 5.74) is 0.574. The minimum atomic E-state index is -0.181. The van der Waals surface area contributed by atoms with Gasteiger partial charge in [0.15, 0.2) is 0 Å². The summed E-state index contributed by atoms with van der Waals surface area (Å²) in [6.07, 6.45) is 0.722. The third-order valence-corrected chi connectivity index (χ3v) is 1.17. The van der Waals surface area contributed by atoms with E-state index in [1.54, 1.807) is 13.8 Å². The van der Waals surface area contributed by atoms with Gasteiger partial charge in [-0.15, -0.1) is 0 Å². The molecule has 0 fully saturated rings. The van der Waals surface area contributed by atoms with Crippen molar-refractivity contribution in [2.75, 3.05) is 6.61 Å². The first-order chi connectivity index (χ1) is 5.45. The molecule has 0 heterocycles. The van der Waals surface area contributed by atoms with E-state index in [0.717, 1.165) is 6.29 Å². The minimum absolute atomic E-state index is 0.0324. The van der Waals surface area contributed by atoms with Crippen molar-refractivity contribution in [1.29, 1.82) is 0 Å². The Kier molecular flexibility index (Phi) is 9.24. The molecule has 1 atom stereocenters. The molecule has 0 saturated heterocycles. The highest BCUT2D eigenvalue weighted by molar-refractivity contribution is 5.77. The van der Waals surface area contributed by atoms with Gasteiger partial charge in [-0.1, -0.05) is 13.5 Å². The molecular formula is C9H16O3. The normalized spacial score (nSPS) is 10.7. The van der Waals surface area contributed by atoms with Crippen LogP contribution in [0, 0.1) is 5.92 Å². The highest BCUT2D eigenvalue weighted by Gasteiger charge is 2.02. The molecule has 0 amide bonds. The summed E-state index contributed by atoms with van der Waals surface area (Å²) in [4.78, 5) is 19.6. The fraction of sp³-hybridized carbons (Fsp3) is 0.556. The van der Waals surface area contributed by atoms with E-state index in [0.29, 0.717) is 5.57 Å². The van der Waals surface area contributed by atoms with Crippen molar-refractivity contribution in [1.82, 2.24) is 0 Å². The molecule has 1 unspecified atom stereocenters. The van der Waals surface area contributed by atoms with Gasteiger partial charge in [0, 0.05) is 5.92 Å². The van der Waals surface area contributed by atoms with Crippen LogP contribution in [-0.2, 0) is 9.59 Å². The van der Waals surface area contributed by atoms with Gasteiger partial charge in [0.25, 0.3) is 0 Å². The number of Topliss-reactive ketones (excluding diaryl/α,β-unsaturated/α-hetero) is 1. The molecule has 3 heteroatoms. The van der Waals surface area contributed by atoms with Crippen molar-refractivity contribution in [3.63, 3.8) is 0 Å². The summed E-state index contributed by atoms with van der Waals surface area (Å²) in [6, 6.07) is 0. The topological polar surface area (TPSA) is 54.4 Å². The van der Waals surface area contributed by atoms with Crippen LogP contribution in [0.15, 0.2) is 12.2 Å². The van der Waals surface area contributed by atoms with Gasteiger partial charge >= 0.3 is 0 Å². The first-order valence-corrected chi connectivity index (χ1v) is 3.67. The molecule has 0 aromatic heterocycles. The fourth-order valence-corrected chi connectivity index (χ4v) is 0.129. The number of hydrogen-bond donors (Lipinski definition) is 1. The second-order valence-electron chi connectivity index (χ2n) is 2.66. The van der Waals surface area contributed by atoms with Crippen LogP contribution in [0.3, 0.4) is 0 Å². The lowest BCUT2D eigenvalue weighted by Crippen LogP contribution is -2.09. The van der Waals surface area contributed by atoms with E-state index in [-0.39, 0.29) is 18.3 Å². The van der Waals surface area contributed by atoms with Crippen molar-refractivity contribution < 1.29 is 14.7 Å². The Morgan fingerprint density at radius 3 is 1.92 bits per heavy atom. The predicted octanol–water partition coefficient (Wildman–Crippen LogP) is 0.965. The van der Waals surface area contributed by atoms with Gasteiger partial charge in [-0.2, -0.15) is 0 Å². The number of aliphatic hydroxyl groups is 1. The van der Waals surface area contributed by atoms with Crippen molar-refractivity contribution in [3.8, 4) is 0 Å². The maximum absolute atomic E-state index is 10.2. The van der Waals surface area contributed by atoms with Gasteiger partial charge in [-0.05, 0) is 19.4 Å². The molecule has 70 valence electrons. The SMILES string of the molecule is C=C(C)C=O.CC(=O)C(C)CO. The molecule has 3 nitrogen and oxygen atoms in total. The molecule has 0 aliphatic carbocycles. The van der Waals surface area contributed by atoms with Crippen LogP contribution in [0.4, 0.5) is 0 Å². The molecule has 0 saturated carbocycles. The van der Waals surface area contributed by atoms with E-state index < -0.39 is 0 Å². The standard InChI is InChI=1S/C5H10O2.C4H6O/c1-4(3-6)5(2)7;1-4(2)3-5/h4,6H,3H2,1-2H3;3H,1H2,2H3. The molecular weight excluding hydrogens is 156 g/mol. The van der Waals surface area contributed by atoms with Crippen LogP contribution in [0.25, 0.3) is 0 Å². The average molecular weight is 172 g/mol. The summed E-state index contributed by atoms with van der Waals surface area (Å²) in [6.45, 7) is 8.10. The molecule has 0 spiro atoms. The lowest BCUT2D eigenvalue weighted by Gasteiger charge is -1.97. The van der Waals surface area contributed by atoms with Crippen LogP contribution in [0.5, 0.6) is 0 Å². The lowest BCUT2D eigenvalue weighted by molar-refractivity contribution is -0.121. The zero-order valence-corrected chi connectivity index (χ0v) is 7.83. The quantitative estimate of drug-likeness (QED) is 0.509. The maximum Gasteiger partial charge on any atom is 0.145 e. The molecule has 0 aromatic rings. The molecule has 12 heavy (non-hydrogen) atoms. The number of aldehydes is 1. The third kappa shape index (κ3) is 11.8. The summed E-state index contributed by atoms with van der Waals surface area (Å²) >= 11 is 0. The largest absolute Gasteiger partial charge is 0.396 e. The van der Waals surface area contributed by atoms with Crippen molar-refractivity contribution in [3.05, 3.63) is 12.2 Å². The average Bonchev–Trinajstić information content (AvgIpc) is 2.04. The first-order valence-electron chi connectivity index (χ1n) is 3.67. The Bertz CT molecular complexity index is 161. The van der Waals surface area contributed by atoms with E-state index in [1.807, 2.05) is 0 Å². The molecule has 0 rings (SSSR count). The Morgan fingerprint density at radius 1 is 1.58 bits per heavy atom. The second kappa shape index (κ2) is 8.14. The van der Waals surface area contributed by atoms with E-state index in [2.05, 4.69) is 6.58 Å². The molecule has 1 N–H and O–H groups in total. The smallest absolute Gasteiger partial charge is 0.145 e. The second-order valence-corrected chi connectivity index (χ2v) is 2.66. The van der Waals surface area contributed by atoms with Crippen LogP contribution >= 0.6 is 0 Å². The number of ketones is 1. The lowest BCUT2D eigenvalue weighted by atomic mass is 10.1. The van der Waals surface area contributed by atoms with Gasteiger partial charge in [-0.25, -0.2) is 0 Å². The molecule has 0 aliphatic heterocycles. The summed E-state index contributed by atoms with van der Waals surface area (Å²) in [5, 5.41) is 8.28. The maximum atomic E-state index is 10.2. The monoisotopic (exact) mass is 172 g/mol. The van der Waals surface area contributed by atoms with E-state index in [4.69, 9.17) is 5.11 Å². The molecule has 0 radical (unpaired) electrons. The Labute approximate surface area is 73.1 Å². The number of allylic oxidation sites excluding steroid dienone is 1. The molecule has 0 aliphatic rings. The highest BCUT2D eigenvalue weighted by atomic mass is 16.3. The number of hydrogen-bond acceptors (Lipinski definition) is 3. The van der Waals surface area contributed by atoms with Crippen molar-refractivity contribution >= 4 is 12.1 Å². The van der Waals surface area contributed by atoms with Gasteiger partial charge < -0.3 is 5.11 Å². The number of rotatable bonds is 3. The number of aliphatic hydroxyl groups excluding tert-OH is 1. The predicted molar refractivity (Wildman–Crippen MR) is 47.8 cm³/mol. The Hall–Kier alpha value is -0.960. The van der Waals surface area contributed by atoms with Crippen LogP contribution in [0.1, 0.15) is 20.8 Å². The van der Waals surface area contributed by atoms with Crippen LogP contribution in [0.2, 0.25) is 0 Å². The zero-order valence-electron chi connectivity index (χ0n) is 7.83. The van der Waals surface area contributed by atoms with Crippen LogP contribution in [-0.4, -0.2) is 23.8 Å². The van der Waals surface area contributed by atoms with Crippen molar-refractivity contribution in [2.45, 2.75) is 20.8 Å². The number of carbonyl (C=O) groups is 2. The van der Waals surface area contributed by atoms with Gasteiger partial charge in [0.1, 0.15) is 12.1 Å². The molecule has 0 bridgehead atoms.